The van der Waals surface area contributed by atoms with Crippen LogP contribution in [0.25, 0.3) is 0 Å². The number of hydrogen-bond acceptors (Lipinski definition) is 8. The normalized spacial score (nSPS) is 36.0. The minimum absolute atomic E-state index is 0.138. The molecule has 2 aromatic carbocycles. The van der Waals surface area contributed by atoms with Gasteiger partial charge in [0, 0.05) is 34.5 Å². The zero-order valence-corrected chi connectivity index (χ0v) is 31.8. The average molecular weight is 728 g/mol. The van der Waals surface area contributed by atoms with Crippen molar-refractivity contribution in [3.05, 3.63) is 58.1 Å². The van der Waals surface area contributed by atoms with Crippen LogP contribution >= 0.6 is 11.6 Å². The summed E-state index contributed by atoms with van der Waals surface area (Å²) in [7, 11) is 0.207. The van der Waals surface area contributed by atoms with Gasteiger partial charge in [0.25, 0.3) is 5.91 Å². The molecule has 2 fully saturated rings. The van der Waals surface area contributed by atoms with E-state index in [0.29, 0.717) is 37.2 Å². The van der Waals surface area contributed by atoms with E-state index in [1.807, 2.05) is 25.1 Å². The van der Waals surface area contributed by atoms with Gasteiger partial charge in [-0.05, 0) is 125 Å². The quantitative estimate of drug-likeness (QED) is 0.379. The minimum Gasteiger partial charge on any atom is -0.490 e. The Morgan fingerprint density at radius 3 is 2.50 bits per heavy atom. The molecule has 3 heterocycles. The van der Waals surface area contributed by atoms with E-state index in [1.165, 1.54) is 11.1 Å². The van der Waals surface area contributed by atoms with Gasteiger partial charge in [0.15, 0.2) is 6.29 Å². The van der Waals surface area contributed by atoms with Gasteiger partial charge in [-0.2, -0.15) is 0 Å². The lowest BCUT2D eigenvalue weighted by Crippen LogP contribution is -2.56. The first-order valence-corrected chi connectivity index (χ1v) is 20.5. The maximum Gasteiger partial charge on any atom is 0.264 e. The van der Waals surface area contributed by atoms with Crippen molar-refractivity contribution >= 4 is 33.2 Å². The van der Waals surface area contributed by atoms with E-state index in [1.54, 1.807) is 13.0 Å². The smallest absolute Gasteiger partial charge is 0.264 e. The number of fused-ring (bicyclic) bond motifs is 4. The molecule has 0 radical (unpaired) electrons. The topological polar surface area (TPSA) is 97.4 Å². The summed E-state index contributed by atoms with van der Waals surface area (Å²) in [5, 5.41) is 0.0177. The number of halogens is 1. The molecular weight excluding hydrogens is 674 g/mol. The first kappa shape index (κ1) is 36.0. The molecular formula is C39H54ClN3O6S. The van der Waals surface area contributed by atoms with Crippen molar-refractivity contribution in [3.8, 4) is 5.75 Å². The third-order valence-electron chi connectivity index (χ3n) is 13.1. The predicted octanol–water partition coefficient (Wildman–Crippen LogP) is 6.42. The van der Waals surface area contributed by atoms with Crippen LogP contribution in [0.5, 0.6) is 5.75 Å². The SMILES string of the molecule is C[C@@H]1[C@@H](C)CCC[C@@](C)(C2OCC(N(C)C)CO2)[C@@H]2CC[C@H]2CN2C[C@@]3(CCCc4cc(Cl)ccc43)COc3ccc(cc32)C(=O)NS1(=O)=O. The Balaban J connectivity index is 1.29. The van der Waals surface area contributed by atoms with Crippen LogP contribution in [-0.4, -0.2) is 83.8 Å². The number of nitrogens with one attached hydrogen (secondary N) is 1. The second-order valence-corrected chi connectivity index (χ2v) is 18.9. The third kappa shape index (κ3) is 6.68. The second kappa shape index (κ2) is 13.9. The molecule has 1 N–H and O–H groups in total. The fraction of sp³-hybridized carbons (Fsp3) is 0.667. The molecule has 11 heteroatoms. The molecule has 2 bridgehead atoms. The van der Waals surface area contributed by atoms with Crippen molar-refractivity contribution in [2.24, 2.45) is 23.2 Å². The van der Waals surface area contributed by atoms with Gasteiger partial charge < -0.3 is 24.0 Å². The number of ether oxygens (including phenoxy) is 3. The number of anilines is 1. The molecule has 6 atom stereocenters. The Morgan fingerprint density at radius 2 is 1.78 bits per heavy atom. The van der Waals surface area contributed by atoms with Crippen molar-refractivity contribution in [1.29, 1.82) is 0 Å². The Hall–Kier alpha value is -2.37. The fourth-order valence-corrected chi connectivity index (χ4v) is 11.0. The van der Waals surface area contributed by atoms with Gasteiger partial charge in [-0.1, -0.05) is 37.9 Å². The largest absolute Gasteiger partial charge is 0.490 e. The van der Waals surface area contributed by atoms with Crippen LogP contribution in [-0.2, 0) is 31.3 Å². The minimum atomic E-state index is -3.92. The number of benzene rings is 2. The molecule has 50 heavy (non-hydrogen) atoms. The molecule has 2 aromatic rings. The van der Waals surface area contributed by atoms with Crippen LogP contribution in [0.3, 0.4) is 0 Å². The van der Waals surface area contributed by atoms with Crippen LogP contribution in [0.2, 0.25) is 5.02 Å². The Morgan fingerprint density at radius 1 is 1.00 bits per heavy atom. The lowest BCUT2D eigenvalue weighted by atomic mass is 9.57. The Labute approximate surface area is 303 Å². The maximum absolute atomic E-state index is 13.6. The zero-order chi connectivity index (χ0) is 35.4. The van der Waals surface area contributed by atoms with Crippen LogP contribution in [0.1, 0.15) is 87.2 Å². The highest BCUT2D eigenvalue weighted by Crippen LogP contribution is 2.54. The predicted molar refractivity (Wildman–Crippen MR) is 197 cm³/mol. The summed E-state index contributed by atoms with van der Waals surface area (Å²) >= 11 is 6.48. The van der Waals surface area contributed by atoms with Crippen LogP contribution in [0.15, 0.2) is 36.4 Å². The number of nitrogens with zero attached hydrogens (tertiary/aromatic N) is 2. The highest BCUT2D eigenvalue weighted by Gasteiger charge is 2.52. The van der Waals surface area contributed by atoms with E-state index in [0.717, 1.165) is 80.9 Å². The van der Waals surface area contributed by atoms with Gasteiger partial charge in [0.1, 0.15) is 5.75 Å². The molecule has 1 saturated heterocycles. The van der Waals surface area contributed by atoms with Crippen molar-refractivity contribution in [1.82, 2.24) is 9.62 Å². The standard InChI is InChI=1S/C39H54ClN3O6S/c1-25-8-6-16-38(3,37-47-21-31(22-48-37)42(4)5)32-13-10-29(32)20-43-23-39(17-7-9-27-18-30(40)12-14-33(27)39)24-49-35-15-11-28(19-34(35)43)36(44)41-50(45,46)26(25)2/h11-12,14-15,18-19,25-26,29,31-32,37H,6-10,13,16-17,20-24H2,1-5H3,(H,41,44)/t25-,26+,29-,31?,32+,37?,38+,39-/m0/s1. The van der Waals surface area contributed by atoms with E-state index < -0.39 is 21.2 Å². The number of hydrogen-bond donors (Lipinski definition) is 1. The molecule has 5 aliphatic rings. The number of aryl methyl sites for hydroxylation is 1. The summed E-state index contributed by atoms with van der Waals surface area (Å²) in [5.74, 6) is 0.726. The van der Waals surface area contributed by atoms with Crippen LogP contribution < -0.4 is 14.4 Å². The van der Waals surface area contributed by atoms with E-state index in [4.69, 9.17) is 25.8 Å². The van der Waals surface area contributed by atoms with E-state index >= 15 is 0 Å². The van der Waals surface area contributed by atoms with E-state index in [-0.39, 0.29) is 29.1 Å². The van der Waals surface area contributed by atoms with Gasteiger partial charge in [-0.15, -0.1) is 0 Å². The third-order valence-corrected chi connectivity index (χ3v) is 15.2. The van der Waals surface area contributed by atoms with E-state index in [9.17, 15) is 13.2 Å². The lowest BCUT2D eigenvalue weighted by molar-refractivity contribution is -0.272. The highest BCUT2D eigenvalue weighted by molar-refractivity contribution is 7.90. The molecule has 1 spiro atoms. The number of sulfonamides is 1. The van der Waals surface area contributed by atoms with Crippen LogP contribution in [0, 0.1) is 23.2 Å². The molecule has 1 saturated carbocycles. The molecule has 0 aromatic heterocycles. The van der Waals surface area contributed by atoms with Crippen LogP contribution in [0.4, 0.5) is 5.69 Å². The Kier molecular flexibility index (Phi) is 10.00. The summed E-state index contributed by atoms with van der Waals surface area (Å²) in [4.78, 5) is 18.2. The average Bonchev–Trinajstić information content (AvgIpc) is 3.22. The summed E-state index contributed by atoms with van der Waals surface area (Å²) < 4.78 is 49.3. The summed E-state index contributed by atoms with van der Waals surface area (Å²) in [5.41, 5.74) is 3.22. The number of carbonyl (C=O) groups excluding carboxylic acids is 1. The first-order chi connectivity index (χ1) is 23.8. The molecule has 9 nitrogen and oxygen atoms in total. The molecule has 7 rings (SSSR count). The monoisotopic (exact) mass is 727 g/mol. The van der Waals surface area contributed by atoms with Crippen molar-refractivity contribution in [2.45, 2.75) is 95.1 Å². The fourth-order valence-electron chi connectivity index (χ4n) is 9.47. The Bertz CT molecular complexity index is 1700. The molecule has 1 amide bonds. The number of likely N-dealkylation sites (N-methyl/N-ethyl adjacent to an activating group) is 1. The first-order valence-electron chi connectivity index (χ1n) is 18.6. The number of amides is 1. The maximum atomic E-state index is 13.6. The molecule has 2 aliphatic carbocycles. The number of carbonyl (C=O) groups is 1. The van der Waals surface area contributed by atoms with Gasteiger partial charge >= 0.3 is 0 Å². The van der Waals surface area contributed by atoms with Crippen molar-refractivity contribution in [3.63, 3.8) is 0 Å². The summed E-state index contributed by atoms with van der Waals surface area (Å²) in [6, 6.07) is 11.9. The number of rotatable bonds is 2. The molecule has 274 valence electrons. The lowest BCUT2D eigenvalue weighted by Gasteiger charge is -2.54. The zero-order valence-electron chi connectivity index (χ0n) is 30.3. The van der Waals surface area contributed by atoms with Crippen molar-refractivity contribution in [2.75, 3.05) is 51.9 Å². The summed E-state index contributed by atoms with van der Waals surface area (Å²) in [6.45, 7) is 9.32. The van der Waals surface area contributed by atoms with Gasteiger partial charge in [-0.3, -0.25) is 4.79 Å². The molecule has 3 aliphatic heterocycles. The van der Waals surface area contributed by atoms with E-state index in [2.05, 4.69) is 47.7 Å². The molecule has 0 unspecified atom stereocenters. The van der Waals surface area contributed by atoms with Gasteiger partial charge in [0.05, 0.1) is 36.8 Å². The van der Waals surface area contributed by atoms with Gasteiger partial charge in [-0.25, -0.2) is 13.1 Å². The highest BCUT2D eigenvalue weighted by atomic mass is 35.5. The van der Waals surface area contributed by atoms with Gasteiger partial charge in [0.2, 0.25) is 10.0 Å². The summed E-state index contributed by atoms with van der Waals surface area (Å²) in [6.07, 6.45) is 7.32. The second-order valence-electron chi connectivity index (χ2n) is 16.4. The van der Waals surface area contributed by atoms with Crippen molar-refractivity contribution < 1.29 is 27.4 Å².